The van der Waals surface area contributed by atoms with Crippen LogP contribution in [-0.4, -0.2) is 55.9 Å². The molecule has 160 valence electrons. The third kappa shape index (κ3) is 32.4. The molecule has 0 rings (SSSR count). The molecule has 2 atom stereocenters. The maximum Gasteiger partial charge on any atom is 0.311 e. The van der Waals surface area contributed by atoms with Crippen molar-refractivity contribution in [1.82, 2.24) is 0 Å². The van der Waals surface area contributed by atoms with Crippen molar-refractivity contribution in [2.45, 2.75) is 66.4 Å². The van der Waals surface area contributed by atoms with Crippen LogP contribution in [0.2, 0.25) is 0 Å². The number of ketones is 1. The average Bonchev–Trinajstić information content (AvgIpc) is 2.59. The Kier molecular flexibility index (Phi) is 24.8. The molecule has 0 bridgehead atoms. The van der Waals surface area contributed by atoms with Crippen molar-refractivity contribution in [1.29, 1.82) is 0 Å². The van der Waals surface area contributed by atoms with Crippen LogP contribution in [0.3, 0.4) is 0 Å². The summed E-state index contributed by atoms with van der Waals surface area (Å²) in [4.78, 5) is 31.3. The third-order valence-electron chi connectivity index (χ3n) is 2.82. The van der Waals surface area contributed by atoms with Crippen molar-refractivity contribution in [3.05, 3.63) is 12.7 Å². The second-order valence-electron chi connectivity index (χ2n) is 6.09. The minimum absolute atomic E-state index is 0.0926. The van der Waals surface area contributed by atoms with Gasteiger partial charge in [0.25, 0.3) is 0 Å². The lowest BCUT2D eigenvalue weighted by molar-refractivity contribution is -0.148. The molecule has 0 aliphatic carbocycles. The van der Waals surface area contributed by atoms with Gasteiger partial charge >= 0.3 is 11.9 Å². The Balaban J connectivity index is -0.000000327. The molecule has 0 saturated heterocycles. The Labute approximate surface area is 164 Å². The molecule has 0 aromatic heterocycles. The fourth-order valence-corrected chi connectivity index (χ4v) is 1.46. The zero-order chi connectivity index (χ0) is 21.7. The van der Waals surface area contributed by atoms with Gasteiger partial charge in [0, 0.05) is 20.5 Å². The fourth-order valence-electron chi connectivity index (χ4n) is 1.46. The van der Waals surface area contributed by atoms with E-state index >= 15 is 0 Å². The van der Waals surface area contributed by atoms with Crippen molar-refractivity contribution < 1.29 is 33.7 Å². The zero-order valence-electron chi connectivity index (χ0n) is 17.8. The summed E-state index contributed by atoms with van der Waals surface area (Å²) in [6.07, 6.45) is 5.23. The molecule has 0 aliphatic heterocycles. The Morgan fingerprint density at radius 3 is 2.00 bits per heavy atom. The summed E-state index contributed by atoms with van der Waals surface area (Å²) >= 11 is 0. The molecule has 0 aromatic rings. The number of aliphatic hydroxyl groups excluding tert-OH is 1. The van der Waals surface area contributed by atoms with Crippen molar-refractivity contribution in [3.63, 3.8) is 0 Å². The number of ether oxygens (including phenoxy) is 3. The van der Waals surface area contributed by atoms with Crippen molar-refractivity contribution in [2.75, 3.05) is 26.9 Å². The van der Waals surface area contributed by atoms with Gasteiger partial charge in [-0.1, -0.05) is 32.4 Å². The maximum atomic E-state index is 10.9. The van der Waals surface area contributed by atoms with Crippen LogP contribution < -0.4 is 0 Å². The molecule has 0 aliphatic rings. The van der Waals surface area contributed by atoms with Crippen LogP contribution in [0.15, 0.2) is 12.7 Å². The lowest BCUT2D eigenvalue weighted by Crippen LogP contribution is -2.19. The smallest absolute Gasteiger partial charge is 0.311 e. The first-order valence-electron chi connectivity index (χ1n) is 9.19. The van der Waals surface area contributed by atoms with Gasteiger partial charge in [0.05, 0.1) is 18.6 Å². The molecule has 7 nitrogen and oxygen atoms in total. The van der Waals surface area contributed by atoms with E-state index in [4.69, 9.17) is 14.6 Å². The Morgan fingerprint density at radius 2 is 1.67 bits per heavy atom. The summed E-state index contributed by atoms with van der Waals surface area (Å²) in [6.45, 7) is 12.6. The van der Waals surface area contributed by atoms with Crippen molar-refractivity contribution in [3.8, 4) is 0 Å². The van der Waals surface area contributed by atoms with Gasteiger partial charge in [0.2, 0.25) is 0 Å². The number of carbonyl (C=O) groups excluding carboxylic acids is 3. The molecule has 0 saturated carbocycles. The zero-order valence-corrected chi connectivity index (χ0v) is 17.8. The SMILES string of the molecule is C=CCOC(=O)C(C)COC.CC(=O)OCC(C)O.CCCCCC(C)=O. The van der Waals surface area contributed by atoms with E-state index in [1.807, 2.05) is 0 Å². The summed E-state index contributed by atoms with van der Waals surface area (Å²) in [7, 11) is 1.55. The molecule has 7 heteroatoms. The molecule has 0 amide bonds. The van der Waals surface area contributed by atoms with Gasteiger partial charge in [-0.3, -0.25) is 9.59 Å². The van der Waals surface area contributed by atoms with Gasteiger partial charge in [0.1, 0.15) is 19.0 Å². The number of hydrogen-bond acceptors (Lipinski definition) is 7. The second kappa shape index (κ2) is 22.3. The predicted molar refractivity (Wildman–Crippen MR) is 105 cm³/mol. The molecule has 0 spiro atoms. The summed E-state index contributed by atoms with van der Waals surface area (Å²) in [6, 6.07) is 0. The largest absolute Gasteiger partial charge is 0.463 e. The summed E-state index contributed by atoms with van der Waals surface area (Å²) < 4.78 is 14.0. The fraction of sp³-hybridized carbons (Fsp3) is 0.750. The van der Waals surface area contributed by atoms with E-state index in [0.717, 1.165) is 12.8 Å². The number of Topliss-reactive ketones (excluding diaryl/α,β-unsaturated/α-hetero) is 1. The molecule has 0 radical (unpaired) electrons. The molecular weight excluding hydrogens is 352 g/mol. The summed E-state index contributed by atoms with van der Waals surface area (Å²) in [5.74, 6) is -0.476. The van der Waals surface area contributed by atoms with E-state index in [0.29, 0.717) is 12.4 Å². The van der Waals surface area contributed by atoms with Crippen LogP contribution in [0.25, 0.3) is 0 Å². The van der Waals surface area contributed by atoms with Crippen LogP contribution in [-0.2, 0) is 28.6 Å². The highest BCUT2D eigenvalue weighted by molar-refractivity contribution is 5.75. The van der Waals surface area contributed by atoms with Crippen LogP contribution in [0.1, 0.15) is 60.3 Å². The van der Waals surface area contributed by atoms with Gasteiger partial charge < -0.3 is 24.1 Å². The summed E-state index contributed by atoms with van der Waals surface area (Å²) in [5.41, 5.74) is 0. The lowest BCUT2D eigenvalue weighted by Gasteiger charge is -2.08. The number of methoxy groups -OCH3 is 1. The summed E-state index contributed by atoms with van der Waals surface area (Å²) in [5, 5.41) is 8.52. The van der Waals surface area contributed by atoms with Crippen LogP contribution in [0.4, 0.5) is 0 Å². The highest BCUT2D eigenvalue weighted by atomic mass is 16.5. The first-order chi connectivity index (χ1) is 12.6. The van der Waals surface area contributed by atoms with E-state index in [9.17, 15) is 14.4 Å². The van der Waals surface area contributed by atoms with E-state index in [1.54, 1.807) is 27.9 Å². The number of unbranched alkanes of at least 4 members (excludes halogenated alkanes) is 2. The van der Waals surface area contributed by atoms with Gasteiger partial charge in [-0.05, 0) is 27.2 Å². The lowest BCUT2D eigenvalue weighted by atomic mass is 10.2. The topological polar surface area (TPSA) is 99.1 Å². The van der Waals surface area contributed by atoms with Gasteiger partial charge in [-0.15, -0.1) is 0 Å². The standard InChI is InChI=1S/C8H14O3.C7H14O.C5H10O3/c1-4-5-11-8(9)7(2)6-10-3;1-3-4-5-6-7(2)8;1-4(6)3-8-5(2)7/h4,7H,1,5-6H2,2-3H3;3-6H2,1-2H3;4,6H,3H2,1-2H3. The predicted octanol–water partition coefficient (Wildman–Crippen LogP) is 3.08. The number of carbonyl (C=O) groups is 3. The first kappa shape index (κ1) is 30.0. The molecule has 0 heterocycles. The van der Waals surface area contributed by atoms with Gasteiger partial charge in [-0.2, -0.15) is 0 Å². The average molecular weight is 391 g/mol. The Hall–Kier alpha value is -1.73. The van der Waals surface area contributed by atoms with Crippen LogP contribution in [0, 0.1) is 5.92 Å². The Bertz CT molecular complexity index is 392. The molecule has 2 unspecified atom stereocenters. The van der Waals surface area contributed by atoms with Crippen LogP contribution in [0.5, 0.6) is 0 Å². The minimum atomic E-state index is -0.557. The van der Waals surface area contributed by atoms with E-state index < -0.39 is 6.10 Å². The van der Waals surface area contributed by atoms with Crippen LogP contribution >= 0.6 is 0 Å². The molecule has 0 aromatic carbocycles. The molecule has 27 heavy (non-hydrogen) atoms. The van der Waals surface area contributed by atoms with E-state index in [1.165, 1.54) is 25.8 Å². The minimum Gasteiger partial charge on any atom is -0.463 e. The van der Waals surface area contributed by atoms with Crippen molar-refractivity contribution in [2.24, 2.45) is 5.92 Å². The quantitative estimate of drug-likeness (QED) is 0.329. The normalized spacial score (nSPS) is 11.5. The van der Waals surface area contributed by atoms with Gasteiger partial charge in [-0.25, -0.2) is 0 Å². The first-order valence-corrected chi connectivity index (χ1v) is 9.19. The molecule has 0 fully saturated rings. The van der Waals surface area contributed by atoms with E-state index in [2.05, 4.69) is 18.2 Å². The van der Waals surface area contributed by atoms with Crippen molar-refractivity contribution >= 4 is 17.7 Å². The molecule has 1 N–H and O–H groups in total. The Morgan fingerprint density at radius 1 is 1.07 bits per heavy atom. The number of esters is 2. The highest BCUT2D eigenvalue weighted by Crippen LogP contribution is 1.98. The number of rotatable bonds is 11. The maximum absolute atomic E-state index is 10.9. The van der Waals surface area contributed by atoms with Gasteiger partial charge in [0.15, 0.2) is 0 Å². The second-order valence-corrected chi connectivity index (χ2v) is 6.09. The third-order valence-corrected chi connectivity index (χ3v) is 2.82. The van der Waals surface area contributed by atoms with E-state index in [-0.39, 0.29) is 31.1 Å². The monoisotopic (exact) mass is 390 g/mol. The number of aliphatic hydroxyl groups is 1. The molecular formula is C20H38O7. The number of hydrogen-bond donors (Lipinski definition) is 1. The highest BCUT2D eigenvalue weighted by Gasteiger charge is 2.12.